The van der Waals surface area contributed by atoms with E-state index in [0.717, 1.165) is 31.4 Å². The molecule has 3 fully saturated rings. The summed E-state index contributed by atoms with van der Waals surface area (Å²) in [5.74, 6) is -0.0184. The number of nitrogens with zero attached hydrogens (tertiary/aromatic N) is 5. The fourth-order valence-corrected chi connectivity index (χ4v) is 7.05. The van der Waals surface area contributed by atoms with Crippen LogP contribution in [-0.2, 0) is 20.4 Å². The number of aromatic nitrogens is 4. The Bertz CT molecular complexity index is 1610. The average Bonchev–Trinajstić information content (AvgIpc) is 3.59. The number of hydrogen-bond acceptors (Lipinski definition) is 10. The molecule has 4 atom stereocenters. The zero-order valence-corrected chi connectivity index (χ0v) is 26.8. The number of ether oxygens (including phenoxy) is 3. The van der Waals surface area contributed by atoms with E-state index < -0.39 is 28.8 Å². The van der Waals surface area contributed by atoms with Gasteiger partial charge in [-0.25, -0.2) is 15.0 Å². The quantitative estimate of drug-likeness (QED) is 0.132. The van der Waals surface area contributed by atoms with Crippen LogP contribution in [0.2, 0.25) is 5.02 Å². The number of benzene rings is 1. The van der Waals surface area contributed by atoms with Crippen molar-refractivity contribution in [3.8, 4) is 0 Å². The van der Waals surface area contributed by atoms with Gasteiger partial charge >= 0.3 is 6.18 Å². The molecule has 16 heteroatoms. The summed E-state index contributed by atoms with van der Waals surface area (Å²) in [5.41, 5.74) is 12.0. The second kappa shape index (κ2) is 12.1. The van der Waals surface area contributed by atoms with Crippen molar-refractivity contribution in [2.75, 3.05) is 23.3 Å². The summed E-state index contributed by atoms with van der Waals surface area (Å²) < 4.78 is 61.0. The van der Waals surface area contributed by atoms with E-state index in [4.69, 9.17) is 42.7 Å². The zero-order valence-electron chi connectivity index (χ0n) is 26.0. The minimum absolute atomic E-state index is 0.0215. The molecule has 6 rings (SSSR count). The third-order valence-corrected chi connectivity index (χ3v) is 9.37. The molecule has 2 aromatic heterocycles. The van der Waals surface area contributed by atoms with Crippen molar-refractivity contribution in [1.82, 2.24) is 24.4 Å². The van der Waals surface area contributed by atoms with Gasteiger partial charge in [-0.2, -0.15) is 13.2 Å². The number of alkyl halides is 3. The molecule has 1 saturated carbocycles. The Hall–Kier alpha value is -3.24. The van der Waals surface area contributed by atoms with Gasteiger partial charge in [-0.15, -0.1) is 0 Å². The number of imidazole rings is 1. The minimum atomic E-state index is -4.62. The van der Waals surface area contributed by atoms with Crippen molar-refractivity contribution < 1.29 is 27.4 Å². The number of halogens is 4. The van der Waals surface area contributed by atoms with Crippen LogP contribution in [0.1, 0.15) is 65.2 Å². The second-order valence-electron chi connectivity index (χ2n) is 13.1. The lowest BCUT2D eigenvalue weighted by atomic mass is 9.76. The van der Waals surface area contributed by atoms with Gasteiger partial charge in [0.15, 0.2) is 23.5 Å². The molecule has 4 heterocycles. The van der Waals surface area contributed by atoms with E-state index in [-0.39, 0.29) is 41.6 Å². The van der Waals surface area contributed by atoms with Gasteiger partial charge in [0, 0.05) is 25.0 Å². The van der Waals surface area contributed by atoms with Gasteiger partial charge in [0.1, 0.15) is 30.2 Å². The summed E-state index contributed by atoms with van der Waals surface area (Å²) in [4.78, 5) is 15.3. The number of nitrogens with one attached hydrogen (secondary N) is 2. The smallest absolute Gasteiger partial charge is 0.397 e. The average molecular weight is 666 g/mol. The lowest BCUT2D eigenvalue weighted by Crippen LogP contribution is -2.52. The SMILES string of the molecule is CC(C)N(C[C@H]1O[C@@H](n2cnc3c(N)ncnc32)[C@@H]2OC(C)(C)O[C@@H]21)[C@H]1C[C@H](CCC(=N)Nc2cc(C(F)(F)F)c(Cl)cc2N)C1. The lowest BCUT2D eigenvalue weighted by molar-refractivity contribution is -0.199. The first-order valence-corrected chi connectivity index (χ1v) is 15.7. The molecule has 3 aromatic rings. The number of anilines is 3. The first-order chi connectivity index (χ1) is 21.6. The van der Waals surface area contributed by atoms with Gasteiger partial charge in [-0.05, 0) is 65.0 Å². The van der Waals surface area contributed by atoms with E-state index in [1.807, 2.05) is 18.4 Å². The molecule has 0 spiro atoms. The van der Waals surface area contributed by atoms with Crippen molar-refractivity contribution >= 4 is 45.8 Å². The third kappa shape index (κ3) is 6.35. The van der Waals surface area contributed by atoms with Gasteiger partial charge < -0.3 is 31.0 Å². The first-order valence-electron chi connectivity index (χ1n) is 15.3. The van der Waals surface area contributed by atoms with Crippen LogP contribution in [0, 0.1) is 11.3 Å². The molecule has 3 aliphatic rings. The van der Waals surface area contributed by atoms with E-state index in [2.05, 4.69) is 39.0 Å². The molecule has 0 radical (unpaired) electrons. The van der Waals surface area contributed by atoms with Gasteiger partial charge in [-0.3, -0.25) is 14.9 Å². The van der Waals surface area contributed by atoms with Crippen LogP contribution in [0.4, 0.5) is 30.4 Å². The van der Waals surface area contributed by atoms with Gasteiger partial charge in [0.2, 0.25) is 0 Å². The van der Waals surface area contributed by atoms with Crippen molar-refractivity contribution in [1.29, 1.82) is 5.41 Å². The van der Waals surface area contributed by atoms with Crippen molar-refractivity contribution in [3.63, 3.8) is 0 Å². The number of amidine groups is 1. The molecule has 2 aliphatic heterocycles. The Morgan fingerprint density at radius 2 is 1.89 bits per heavy atom. The summed E-state index contributed by atoms with van der Waals surface area (Å²) in [7, 11) is 0. The van der Waals surface area contributed by atoms with Crippen molar-refractivity contribution in [2.45, 2.75) is 102 Å². The number of nitrogen functional groups attached to an aromatic ring is 2. The molecule has 0 bridgehead atoms. The van der Waals surface area contributed by atoms with E-state index in [1.54, 1.807) is 6.33 Å². The summed E-state index contributed by atoms with van der Waals surface area (Å²) in [6.45, 7) is 8.73. The van der Waals surface area contributed by atoms with Gasteiger partial charge in [-0.1, -0.05) is 11.6 Å². The standard InChI is InChI=1S/C30H39ClF3N9O3/c1-14(2)42(16-7-15(8-16)5-6-22(36)41-20-9-17(30(32,33)34)18(31)10-19(20)35)11-21-24-25(46-29(3,4)45-24)28(44-21)43-13-40-23-26(37)38-12-39-27(23)43/h9-10,12-16,21,24-25,28H,5-8,11,35H2,1-4H3,(H2,36,41)(H2,37,38,39)/t15-,16-,21-,24-,25-,28-/m1/s1. The molecule has 250 valence electrons. The Morgan fingerprint density at radius 3 is 2.59 bits per heavy atom. The predicted molar refractivity (Wildman–Crippen MR) is 167 cm³/mol. The maximum Gasteiger partial charge on any atom is 0.417 e. The highest BCUT2D eigenvalue weighted by Gasteiger charge is 2.57. The molecule has 0 amide bonds. The highest BCUT2D eigenvalue weighted by atomic mass is 35.5. The summed E-state index contributed by atoms with van der Waals surface area (Å²) in [5, 5.41) is 10.6. The Labute approximate surface area is 269 Å². The molecule has 6 N–H and O–H groups in total. The number of fused-ring (bicyclic) bond motifs is 2. The molecule has 1 aromatic carbocycles. The van der Waals surface area contributed by atoms with E-state index in [0.29, 0.717) is 41.9 Å². The highest BCUT2D eigenvalue weighted by Crippen LogP contribution is 2.45. The topological polar surface area (TPSA) is 162 Å². The molecule has 12 nitrogen and oxygen atoms in total. The Balaban J connectivity index is 1.07. The number of nitrogens with two attached hydrogens (primary N) is 2. The van der Waals surface area contributed by atoms with Gasteiger partial charge in [0.25, 0.3) is 0 Å². The maximum atomic E-state index is 13.3. The van der Waals surface area contributed by atoms with Crippen LogP contribution in [0.15, 0.2) is 24.8 Å². The van der Waals surface area contributed by atoms with E-state index in [1.165, 1.54) is 6.33 Å². The van der Waals surface area contributed by atoms with Crippen LogP contribution in [0.5, 0.6) is 0 Å². The number of rotatable bonds is 9. The van der Waals surface area contributed by atoms with Crippen molar-refractivity contribution in [2.24, 2.45) is 5.92 Å². The molecule has 0 unspecified atom stereocenters. The monoisotopic (exact) mass is 665 g/mol. The fraction of sp³-hybridized carbons (Fsp3) is 0.600. The third-order valence-electron chi connectivity index (χ3n) is 9.05. The summed E-state index contributed by atoms with van der Waals surface area (Å²) in [6.07, 6.45) is -0.0792. The normalized spacial score (nSPS) is 27.3. The highest BCUT2D eigenvalue weighted by molar-refractivity contribution is 6.32. The van der Waals surface area contributed by atoms with Crippen LogP contribution < -0.4 is 16.8 Å². The predicted octanol–water partition coefficient (Wildman–Crippen LogP) is 5.44. The summed E-state index contributed by atoms with van der Waals surface area (Å²) >= 11 is 5.74. The van der Waals surface area contributed by atoms with Crippen LogP contribution in [0.25, 0.3) is 11.2 Å². The maximum absolute atomic E-state index is 13.3. The van der Waals surface area contributed by atoms with Crippen LogP contribution in [-0.4, -0.2) is 73.0 Å². The largest absolute Gasteiger partial charge is 0.417 e. The fourth-order valence-electron chi connectivity index (χ4n) is 6.77. The number of hydrogen-bond donors (Lipinski definition) is 4. The van der Waals surface area contributed by atoms with Crippen molar-refractivity contribution in [3.05, 3.63) is 35.4 Å². The Morgan fingerprint density at radius 1 is 1.17 bits per heavy atom. The molecular formula is C30H39ClF3N9O3. The minimum Gasteiger partial charge on any atom is -0.397 e. The second-order valence-corrected chi connectivity index (χ2v) is 13.5. The summed E-state index contributed by atoms with van der Waals surface area (Å²) in [6, 6.07) is 2.46. The molecule has 2 saturated heterocycles. The molecule has 46 heavy (non-hydrogen) atoms. The first kappa shape index (κ1) is 32.7. The van der Waals surface area contributed by atoms with Gasteiger partial charge in [0.05, 0.1) is 34.1 Å². The van der Waals surface area contributed by atoms with Crippen LogP contribution >= 0.6 is 11.6 Å². The molecular weight excluding hydrogens is 627 g/mol. The van der Waals surface area contributed by atoms with E-state index in [9.17, 15) is 13.2 Å². The lowest BCUT2D eigenvalue weighted by Gasteiger charge is -2.46. The van der Waals surface area contributed by atoms with E-state index >= 15 is 0 Å². The van der Waals surface area contributed by atoms with Crippen LogP contribution in [0.3, 0.4) is 0 Å². The molecule has 1 aliphatic carbocycles. The Kier molecular flexibility index (Phi) is 8.59. The zero-order chi connectivity index (χ0) is 33.1.